The number of hydrogen-bond donors (Lipinski definition) is 2. The highest BCUT2D eigenvalue weighted by Crippen LogP contribution is 2.17. The Kier molecular flexibility index (Phi) is 4.79. The van der Waals surface area contributed by atoms with Crippen molar-refractivity contribution in [3.8, 4) is 5.95 Å². The summed E-state index contributed by atoms with van der Waals surface area (Å²) in [4.78, 5) is 10.0. The summed E-state index contributed by atoms with van der Waals surface area (Å²) in [5, 5.41) is 16.2. The summed E-state index contributed by atoms with van der Waals surface area (Å²) in [6.07, 6.45) is 0.565. The van der Waals surface area contributed by atoms with Gasteiger partial charge in [-0.15, -0.1) is 0 Å². The van der Waals surface area contributed by atoms with Crippen molar-refractivity contribution in [3.63, 3.8) is 0 Å². The van der Waals surface area contributed by atoms with E-state index >= 15 is 0 Å². The van der Waals surface area contributed by atoms with E-state index in [9.17, 15) is 4.79 Å². The van der Waals surface area contributed by atoms with Crippen molar-refractivity contribution in [2.75, 3.05) is 6.61 Å². The maximum atomic E-state index is 10.0. The molecule has 68 valence electrons. The summed E-state index contributed by atoms with van der Waals surface area (Å²) in [6.45, 7) is 3.62. The lowest BCUT2D eigenvalue weighted by molar-refractivity contribution is 0.109. The molecule has 2 N–H and O–H groups in total. The molecule has 4 heteroatoms. The Hall–Kier alpha value is -1.29. The Morgan fingerprint density at radius 2 is 2.17 bits per heavy atom. The Labute approximate surface area is 70.4 Å². The third-order valence-electron chi connectivity index (χ3n) is 1.05. The fourth-order valence-corrected chi connectivity index (χ4v) is 0.596. The zero-order valence-corrected chi connectivity index (χ0v) is 7.07. The molecule has 0 bridgehead atoms. The van der Waals surface area contributed by atoms with E-state index in [0.717, 1.165) is 0 Å². The average molecular weight is 172 g/mol. The lowest BCUT2D eigenvalue weighted by Gasteiger charge is -1.78. The molecule has 0 amide bonds. The number of aliphatic hydroxyl groups is 1. The summed E-state index contributed by atoms with van der Waals surface area (Å²) < 4.78 is 4.55. The number of furan rings is 1. The van der Waals surface area contributed by atoms with Gasteiger partial charge < -0.3 is 14.6 Å². The number of aliphatic hydroxyl groups excluding tert-OH is 1. The van der Waals surface area contributed by atoms with E-state index in [4.69, 9.17) is 10.2 Å². The topological polar surface area (TPSA) is 70.7 Å². The molecule has 0 radical (unpaired) electrons. The molecule has 0 saturated heterocycles. The number of aldehydes is 1. The van der Waals surface area contributed by atoms with Gasteiger partial charge in [0.1, 0.15) is 0 Å². The second kappa shape index (κ2) is 5.37. The first-order valence-corrected chi connectivity index (χ1v) is 3.51. The fourth-order valence-electron chi connectivity index (χ4n) is 0.596. The minimum Gasteiger partial charge on any atom is -0.481 e. The van der Waals surface area contributed by atoms with Crippen LogP contribution in [-0.4, -0.2) is 23.1 Å². The average Bonchev–Trinajstić information content (AvgIpc) is 2.31. The SMILES string of the molecule is CCO.Cc1cc(O)oc1C=O. The number of carbonyl (C=O) groups is 1. The van der Waals surface area contributed by atoms with Crippen molar-refractivity contribution >= 4 is 6.29 Å². The van der Waals surface area contributed by atoms with Gasteiger partial charge in [0, 0.05) is 18.2 Å². The van der Waals surface area contributed by atoms with Crippen molar-refractivity contribution in [2.24, 2.45) is 0 Å². The van der Waals surface area contributed by atoms with Gasteiger partial charge in [-0.05, 0) is 13.8 Å². The van der Waals surface area contributed by atoms with Gasteiger partial charge in [0.25, 0.3) is 5.95 Å². The van der Waals surface area contributed by atoms with E-state index < -0.39 is 0 Å². The van der Waals surface area contributed by atoms with E-state index in [1.165, 1.54) is 6.07 Å². The van der Waals surface area contributed by atoms with Gasteiger partial charge >= 0.3 is 0 Å². The van der Waals surface area contributed by atoms with Gasteiger partial charge in [-0.25, -0.2) is 0 Å². The molecule has 1 aromatic rings. The second-order valence-electron chi connectivity index (χ2n) is 2.07. The number of hydrogen-bond acceptors (Lipinski definition) is 4. The number of carbonyl (C=O) groups excluding carboxylic acids is 1. The third kappa shape index (κ3) is 3.21. The second-order valence-corrected chi connectivity index (χ2v) is 2.07. The minimum absolute atomic E-state index is 0.188. The predicted molar refractivity (Wildman–Crippen MR) is 43.3 cm³/mol. The fraction of sp³-hybridized carbons (Fsp3) is 0.375. The molecule has 0 saturated carbocycles. The molecular formula is C8H12O4. The molecule has 1 heterocycles. The minimum atomic E-state index is -0.213. The summed E-state index contributed by atoms with van der Waals surface area (Å²) in [5.74, 6) is -0.0258. The summed E-state index contributed by atoms with van der Waals surface area (Å²) in [6, 6.07) is 1.39. The van der Waals surface area contributed by atoms with E-state index in [1.54, 1.807) is 13.8 Å². The molecule has 0 fully saturated rings. The molecule has 1 aromatic heterocycles. The highest BCUT2D eigenvalue weighted by Gasteiger charge is 2.02. The smallest absolute Gasteiger partial charge is 0.282 e. The van der Waals surface area contributed by atoms with Gasteiger partial charge in [0.15, 0.2) is 12.0 Å². The maximum Gasteiger partial charge on any atom is 0.282 e. The monoisotopic (exact) mass is 172 g/mol. The van der Waals surface area contributed by atoms with Crippen LogP contribution in [0.15, 0.2) is 10.5 Å². The molecule has 0 atom stereocenters. The lowest BCUT2D eigenvalue weighted by atomic mass is 10.3. The van der Waals surface area contributed by atoms with Crippen LogP contribution in [-0.2, 0) is 0 Å². The molecule has 0 spiro atoms. The first kappa shape index (κ1) is 10.7. The molecule has 0 aliphatic carbocycles. The summed E-state index contributed by atoms with van der Waals surface area (Å²) >= 11 is 0. The highest BCUT2D eigenvalue weighted by molar-refractivity contribution is 5.73. The number of aryl methyl sites for hydroxylation is 1. The van der Waals surface area contributed by atoms with Crippen LogP contribution in [0.25, 0.3) is 0 Å². The first-order valence-electron chi connectivity index (χ1n) is 3.51. The van der Waals surface area contributed by atoms with Crippen LogP contribution in [0, 0.1) is 6.92 Å². The Morgan fingerprint density at radius 3 is 2.33 bits per heavy atom. The molecule has 0 aliphatic rings. The molecule has 0 aliphatic heterocycles. The van der Waals surface area contributed by atoms with Gasteiger partial charge in [-0.1, -0.05) is 0 Å². The van der Waals surface area contributed by atoms with Gasteiger partial charge in [-0.3, -0.25) is 4.79 Å². The molecule has 1 rings (SSSR count). The van der Waals surface area contributed by atoms with Crippen molar-refractivity contribution in [2.45, 2.75) is 13.8 Å². The van der Waals surface area contributed by atoms with Crippen LogP contribution in [0.4, 0.5) is 0 Å². The molecule has 12 heavy (non-hydrogen) atoms. The van der Waals surface area contributed by atoms with Gasteiger partial charge in [0.2, 0.25) is 0 Å². The maximum absolute atomic E-state index is 10.0. The zero-order valence-electron chi connectivity index (χ0n) is 7.07. The van der Waals surface area contributed by atoms with Crippen LogP contribution in [0.2, 0.25) is 0 Å². The van der Waals surface area contributed by atoms with E-state index in [1.807, 2.05) is 0 Å². The normalized spacial score (nSPS) is 8.58. The van der Waals surface area contributed by atoms with Crippen LogP contribution >= 0.6 is 0 Å². The van der Waals surface area contributed by atoms with Crippen LogP contribution in [0.1, 0.15) is 23.0 Å². The molecular weight excluding hydrogens is 160 g/mol. The van der Waals surface area contributed by atoms with Crippen molar-refractivity contribution in [1.29, 1.82) is 0 Å². The van der Waals surface area contributed by atoms with Gasteiger partial charge in [0.05, 0.1) is 0 Å². The number of rotatable bonds is 1. The Morgan fingerprint density at radius 1 is 1.67 bits per heavy atom. The molecule has 4 nitrogen and oxygen atoms in total. The third-order valence-corrected chi connectivity index (χ3v) is 1.05. The number of aromatic hydroxyl groups is 1. The summed E-state index contributed by atoms with van der Waals surface area (Å²) in [7, 11) is 0. The van der Waals surface area contributed by atoms with E-state index in [0.29, 0.717) is 11.8 Å². The quantitative estimate of drug-likeness (QED) is 0.622. The molecule has 0 aromatic carbocycles. The summed E-state index contributed by atoms with van der Waals surface area (Å²) in [5.41, 5.74) is 0.655. The highest BCUT2D eigenvalue weighted by atomic mass is 16.5. The van der Waals surface area contributed by atoms with Crippen LogP contribution < -0.4 is 0 Å². The van der Waals surface area contributed by atoms with Crippen molar-refractivity contribution in [3.05, 3.63) is 17.4 Å². The predicted octanol–water partition coefficient (Wildman–Crippen LogP) is 1.10. The zero-order chi connectivity index (χ0) is 9.56. The lowest BCUT2D eigenvalue weighted by Crippen LogP contribution is -1.74. The Balaban J connectivity index is 0.000000354. The van der Waals surface area contributed by atoms with Crippen LogP contribution in [0.5, 0.6) is 5.95 Å². The van der Waals surface area contributed by atoms with Crippen molar-refractivity contribution < 1.29 is 19.4 Å². The van der Waals surface area contributed by atoms with Gasteiger partial charge in [-0.2, -0.15) is 0 Å². The van der Waals surface area contributed by atoms with E-state index in [2.05, 4.69) is 4.42 Å². The largest absolute Gasteiger partial charge is 0.481 e. The Bertz CT molecular complexity index is 239. The van der Waals surface area contributed by atoms with Crippen LogP contribution in [0.3, 0.4) is 0 Å². The molecule has 0 unspecified atom stereocenters. The van der Waals surface area contributed by atoms with Crippen molar-refractivity contribution in [1.82, 2.24) is 0 Å². The van der Waals surface area contributed by atoms with E-state index in [-0.39, 0.29) is 18.3 Å². The first-order chi connectivity index (χ1) is 5.65. The standard InChI is InChI=1S/C6H6O3.C2H6O/c1-4-2-6(8)9-5(4)3-7;1-2-3/h2-3,8H,1H3;3H,2H2,1H3.